The van der Waals surface area contributed by atoms with E-state index in [1.807, 2.05) is 14.0 Å². The van der Waals surface area contributed by atoms with E-state index in [0.717, 1.165) is 13.1 Å². The molecule has 0 aromatic heterocycles. The number of carbonyl (C=O) groups is 1. The van der Waals surface area contributed by atoms with Gasteiger partial charge in [0, 0.05) is 20.1 Å². The zero-order chi connectivity index (χ0) is 12.0. The van der Waals surface area contributed by atoms with Crippen LogP contribution in [0.4, 0.5) is 0 Å². The molecule has 1 aliphatic carbocycles. The molecule has 1 rings (SSSR count). The maximum absolute atomic E-state index is 11.6. The summed E-state index contributed by atoms with van der Waals surface area (Å²) in [6.45, 7) is 6.60. The van der Waals surface area contributed by atoms with Crippen molar-refractivity contribution in [2.24, 2.45) is 5.41 Å². The van der Waals surface area contributed by atoms with Gasteiger partial charge in [-0.3, -0.25) is 4.79 Å². The van der Waals surface area contributed by atoms with Gasteiger partial charge in [0.15, 0.2) is 0 Å². The van der Waals surface area contributed by atoms with Crippen LogP contribution in [0.3, 0.4) is 0 Å². The van der Waals surface area contributed by atoms with Crippen molar-refractivity contribution >= 4 is 5.91 Å². The fourth-order valence-electron chi connectivity index (χ4n) is 2.36. The molecule has 0 heterocycles. The summed E-state index contributed by atoms with van der Waals surface area (Å²) in [6.07, 6.45) is 6.69. The number of nitrogens with one attached hydrogen (secondary N) is 1. The van der Waals surface area contributed by atoms with E-state index in [4.69, 9.17) is 0 Å². The third kappa shape index (κ3) is 4.12. The second-order valence-corrected chi connectivity index (χ2v) is 5.38. The zero-order valence-corrected chi connectivity index (χ0v) is 11.0. The van der Waals surface area contributed by atoms with Crippen molar-refractivity contribution in [1.82, 2.24) is 10.2 Å². The van der Waals surface area contributed by atoms with Crippen molar-refractivity contribution in [1.29, 1.82) is 0 Å². The number of likely N-dealkylation sites (N-methyl/N-ethyl adjacent to an activating group) is 1. The van der Waals surface area contributed by atoms with E-state index < -0.39 is 0 Å². The Morgan fingerprint density at radius 3 is 2.50 bits per heavy atom. The SMILES string of the molecule is CCN(C)C(=O)CNCC1(C)CCCCC1. The Labute approximate surface area is 99.6 Å². The summed E-state index contributed by atoms with van der Waals surface area (Å²) < 4.78 is 0. The first-order valence-electron chi connectivity index (χ1n) is 6.52. The molecule has 0 bridgehead atoms. The topological polar surface area (TPSA) is 32.3 Å². The first kappa shape index (κ1) is 13.5. The minimum atomic E-state index is 0.196. The number of rotatable bonds is 5. The second kappa shape index (κ2) is 6.24. The maximum atomic E-state index is 11.6. The molecule has 0 aliphatic heterocycles. The van der Waals surface area contributed by atoms with Gasteiger partial charge in [0.1, 0.15) is 0 Å². The van der Waals surface area contributed by atoms with Gasteiger partial charge in [0.05, 0.1) is 6.54 Å². The van der Waals surface area contributed by atoms with Gasteiger partial charge in [0.2, 0.25) is 5.91 Å². The van der Waals surface area contributed by atoms with Gasteiger partial charge in [-0.2, -0.15) is 0 Å². The van der Waals surface area contributed by atoms with Crippen LogP contribution in [-0.2, 0) is 4.79 Å². The van der Waals surface area contributed by atoms with Crippen LogP contribution in [0.5, 0.6) is 0 Å². The second-order valence-electron chi connectivity index (χ2n) is 5.38. The molecule has 0 aromatic rings. The highest BCUT2D eigenvalue weighted by atomic mass is 16.2. The van der Waals surface area contributed by atoms with Crippen LogP contribution >= 0.6 is 0 Å². The molecule has 3 heteroatoms. The fraction of sp³-hybridized carbons (Fsp3) is 0.923. The summed E-state index contributed by atoms with van der Waals surface area (Å²) in [5.41, 5.74) is 0.420. The molecule has 16 heavy (non-hydrogen) atoms. The van der Waals surface area contributed by atoms with E-state index in [0.29, 0.717) is 12.0 Å². The summed E-state index contributed by atoms with van der Waals surface area (Å²) in [4.78, 5) is 13.3. The highest BCUT2D eigenvalue weighted by molar-refractivity contribution is 5.77. The Morgan fingerprint density at radius 1 is 1.31 bits per heavy atom. The minimum Gasteiger partial charge on any atom is -0.345 e. The van der Waals surface area contributed by atoms with Crippen LogP contribution in [0.15, 0.2) is 0 Å². The molecule has 0 radical (unpaired) electrons. The predicted octanol–water partition coefficient (Wildman–Crippen LogP) is 2.02. The van der Waals surface area contributed by atoms with Crippen molar-refractivity contribution in [3.63, 3.8) is 0 Å². The van der Waals surface area contributed by atoms with Crippen LogP contribution in [0.2, 0.25) is 0 Å². The van der Waals surface area contributed by atoms with Gasteiger partial charge in [-0.25, -0.2) is 0 Å². The van der Waals surface area contributed by atoms with E-state index in [1.165, 1.54) is 32.1 Å². The average molecular weight is 226 g/mol. The molecule has 0 aromatic carbocycles. The molecule has 0 saturated heterocycles. The van der Waals surface area contributed by atoms with E-state index in [1.54, 1.807) is 4.90 Å². The van der Waals surface area contributed by atoms with Crippen LogP contribution < -0.4 is 5.32 Å². The largest absolute Gasteiger partial charge is 0.345 e. The highest BCUT2D eigenvalue weighted by Gasteiger charge is 2.26. The van der Waals surface area contributed by atoms with Gasteiger partial charge in [-0.1, -0.05) is 26.2 Å². The van der Waals surface area contributed by atoms with Gasteiger partial charge >= 0.3 is 0 Å². The molecular formula is C13H26N2O. The molecule has 1 fully saturated rings. The lowest BCUT2D eigenvalue weighted by Gasteiger charge is -2.33. The standard InChI is InChI=1S/C13H26N2O/c1-4-15(3)12(16)10-14-11-13(2)8-6-5-7-9-13/h14H,4-11H2,1-3H3. The van der Waals surface area contributed by atoms with E-state index in [2.05, 4.69) is 12.2 Å². The van der Waals surface area contributed by atoms with E-state index in [-0.39, 0.29) is 5.91 Å². The fourth-order valence-corrected chi connectivity index (χ4v) is 2.36. The molecule has 94 valence electrons. The number of hydrogen-bond donors (Lipinski definition) is 1. The Hall–Kier alpha value is -0.570. The number of hydrogen-bond acceptors (Lipinski definition) is 2. The van der Waals surface area contributed by atoms with Gasteiger partial charge in [0.25, 0.3) is 0 Å². The lowest BCUT2D eigenvalue weighted by atomic mass is 9.76. The van der Waals surface area contributed by atoms with Gasteiger partial charge in [-0.15, -0.1) is 0 Å². The Bertz CT molecular complexity index is 222. The zero-order valence-electron chi connectivity index (χ0n) is 11.0. The molecular weight excluding hydrogens is 200 g/mol. The maximum Gasteiger partial charge on any atom is 0.236 e. The van der Waals surface area contributed by atoms with E-state index >= 15 is 0 Å². The van der Waals surface area contributed by atoms with Crippen LogP contribution in [0.1, 0.15) is 46.0 Å². The number of carbonyl (C=O) groups excluding carboxylic acids is 1. The van der Waals surface area contributed by atoms with Gasteiger partial charge in [-0.05, 0) is 25.2 Å². The van der Waals surface area contributed by atoms with Crippen molar-refractivity contribution in [2.75, 3.05) is 26.7 Å². The van der Waals surface area contributed by atoms with Crippen LogP contribution in [0.25, 0.3) is 0 Å². The van der Waals surface area contributed by atoms with Crippen molar-refractivity contribution in [3.8, 4) is 0 Å². The normalized spacial score (nSPS) is 19.4. The van der Waals surface area contributed by atoms with Crippen molar-refractivity contribution < 1.29 is 4.79 Å². The Balaban J connectivity index is 2.21. The monoisotopic (exact) mass is 226 g/mol. The third-order valence-corrected chi connectivity index (χ3v) is 3.79. The summed E-state index contributed by atoms with van der Waals surface area (Å²) in [6, 6.07) is 0. The molecule has 3 nitrogen and oxygen atoms in total. The lowest BCUT2D eigenvalue weighted by Crippen LogP contribution is -2.40. The van der Waals surface area contributed by atoms with Crippen LogP contribution in [0, 0.1) is 5.41 Å². The Kier molecular flexibility index (Phi) is 5.26. The first-order valence-corrected chi connectivity index (χ1v) is 6.52. The molecule has 0 atom stereocenters. The quantitative estimate of drug-likeness (QED) is 0.778. The highest BCUT2D eigenvalue weighted by Crippen LogP contribution is 2.34. The Morgan fingerprint density at radius 2 is 1.94 bits per heavy atom. The molecule has 1 N–H and O–H groups in total. The summed E-state index contributed by atoms with van der Waals surface area (Å²) in [5.74, 6) is 0.196. The average Bonchev–Trinajstić information content (AvgIpc) is 2.28. The van der Waals surface area contributed by atoms with Crippen LogP contribution in [-0.4, -0.2) is 37.5 Å². The third-order valence-electron chi connectivity index (χ3n) is 3.79. The van der Waals surface area contributed by atoms with Crippen molar-refractivity contribution in [2.45, 2.75) is 46.0 Å². The summed E-state index contributed by atoms with van der Waals surface area (Å²) in [7, 11) is 1.85. The predicted molar refractivity (Wildman–Crippen MR) is 67.4 cm³/mol. The summed E-state index contributed by atoms with van der Waals surface area (Å²) >= 11 is 0. The first-order chi connectivity index (χ1) is 7.57. The molecule has 0 unspecified atom stereocenters. The lowest BCUT2D eigenvalue weighted by molar-refractivity contribution is -0.128. The minimum absolute atomic E-state index is 0.196. The smallest absolute Gasteiger partial charge is 0.236 e. The molecule has 1 amide bonds. The number of nitrogens with zero attached hydrogens (tertiary/aromatic N) is 1. The van der Waals surface area contributed by atoms with E-state index in [9.17, 15) is 4.79 Å². The molecule has 1 saturated carbocycles. The van der Waals surface area contributed by atoms with Gasteiger partial charge < -0.3 is 10.2 Å². The van der Waals surface area contributed by atoms with Crippen molar-refractivity contribution in [3.05, 3.63) is 0 Å². The molecule has 1 aliphatic rings. The number of amides is 1. The molecule has 0 spiro atoms. The summed E-state index contributed by atoms with van der Waals surface area (Å²) in [5, 5.41) is 3.32.